The first-order valence-corrected chi connectivity index (χ1v) is 10.3. The highest BCUT2D eigenvalue weighted by Gasteiger charge is 2.22. The molecule has 1 amide bonds. The molecule has 1 atom stereocenters. The van der Waals surface area contributed by atoms with Crippen molar-refractivity contribution in [3.05, 3.63) is 41.0 Å². The van der Waals surface area contributed by atoms with Gasteiger partial charge in [-0.15, -0.1) is 21.5 Å². The number of nitrogens with zero attached hydrogens (tertiary/aromatic N) is 3. The Hall–Kier alpha value is -2.22. The van der Waals surface area contributed by atoms with Gasteiger partial charge in [0.25, 0.3) is 5.91 Å². The number of hydrogen-bond acceptors (Lipinski definition) is 6. The molecular weight excluding hydrogens is 396 g/mol. The summed E-state index contributed by atoms with van der Waals surface area (Å²) >= 11 is 7.56. The van der Waals surface area contributed by atoms with E-state index in [0.29, 0.717) is 23.1 Å². The van der Waals surface area contributed by atoms with Crippen molar-refractivity contribution in [2.45, 2.75) is 18.9 Å². The maximum Gasteiger partial charge on any atom is 0.275 e. The predicted molar refractivity (Wildman–Crippen MR) is 113 cm³/mol. The van der Waals surface area contributed by atoms with E-state index >= 15 is 0 Å². The average Bonchev–Trinajstić information content (AvgIpc) is 3.15. The van der Waals surface area contributed by atoms with Gasteiger partial charge in [-0.3, -0.25) is 4.79 Å². The van der Waals surface area contributed by atoms with E-state index in [2.05, 4.69) is 21.6 Å². The van der Waals surface area contributed by atoms with Crippen LogP contribution in [-0.2, 0) is 4.74 Å². The highest BCUT2D eigenvalue weighted by Crippen LogP contribution is 2.38. The summed E-state index contributed by atoms with van der Waals surface area (Å²) in [4.78, 5) is 15.2. The number of thiophene rings is 1. The molecule has 1 fully saturated rings. The fourth-order valence-corrected chi connectivity index (χ4v) is 4.47. The van der Waals surface area contributed by atoms with Gasteiger partial charge >= 0.3 is 0 Å². The van der Waals surface area contributed by atoms with E-state index in [4.69, 9.17) is 16.3 Å². The van der Waals surface area contributed by atoms with Crippen molar-refractivity contribution in [2.75, 3.05) is 32.6 Å². The Morgan fingerprint density at radius 2 is 2.07 bits per heavy atom. The smallest absolute Gasteiger partial charge is 0.275 e. The SMILES string of the molecule is CN(C)C(=O)c1nnc(NC2CCCOC2)c2cc(-c3ccc(Cl)cc3)sc12. The molecule has 0 saturated carbocycles. The summed E-state index contributed by atoms with van der Waals surface area (Å²) in [6, 6.07) is 9.94. The predicted octanol–water partition coefficient (Wildman–Crippen LogP) is 4.30. The second kappa shape index (κ2) is 8.03. The normalized spacial score (nSPS) is 16.9. The number of anilines is 1. The molecule has 1 aliphatic rings. The van der Waals surface area contributed by atoms with Crippen LogP contribution in [0, 0.1) is 0 Å². The molecule has 4 rings (SSSR count). The van der Waals surface area contributed by atoms with Crippen molar-refractivity contribution in [3.63, 3.8) is 0 Å². The number of amides is 1. The Balaban J connectivity index is 1.80. The third kappa shape index (κ3) is 3.83. The molecule has 1 aliphatic heterocycles. The van der Waals surface area contributed by atoms with E-state index in [1.807, 2.05) is 24.3 Å². The Morgan fingerprint density at radius 3 is 2.75 bits per heavy atom. The number of rotatable bonds is 4. The van der Waals surface area contributed by atoms with Crippen molar-refractivity contribution in [1.29, 1.82) is 0 Å². The van der Waals surface area contributed by atoms with Crippen LogP contribution in [-0.4, -0.2) is 54.4 Å². The van der Waals surface area contributed by atoms with Crippen molar-refractivity contribution in [2.24, 2.45) is 0 Å². The molecule has 2 aromatic heterocycles. The van der Waals surface area contributed by atoms with E-state index in [-0.39, 0.29) is 11.9 Å². The van der Waals surface area contributed by atoms with Crippen LogP contribution in [0.1, 0.15) is 23.3 Å². The highest BCUT2D eigenvalue weighted by atomic mass is 35.5. The minimum absolute atomic E-state index is 0.158. The van der Waals surface area contributed by atoms with E-state index < -0.39 is 0 Å². The quantitative estimate of drug-likeness (QED) is 0.686. The first-order valence-electron chi connectivity index (χ1n) is 9.15. The number of fused-ring (bicyclic) bond motifs is 1. The van der Waals surface area contributed by atoms with Gasteiger partial charge in [0.1, 0.15) is 0 Å². The summed E-state index contributed by atoms with van der Waals surface area (Å²) in [5.41, 5.74) is 1.41. The van der Waals surface area contributed by atoms with Crippen LogP contribution < -0.4 is 5.32 Å². The first kappa shape index (κ1) is 19.1. The molecule has 1 unspecified atom stereocenters. The zero-order chi connectivity index (χ0) is 19.7. The molecule has 1 N–H and O–H groups in total. The molecule has 1 aromatic carbocycles. The van der Waals surface area contributed by atoms with Crippen LogP contribution in [0.3, 0.4) is 0 Å². The maximum atomic E-state index is 12.6. The summed E-state index contributed by atoms with van der Waals surface area (Å²) in [6.45, 7) is 1.45. The average molecular weight is 417 g/mol. The number of hydrogen-bond donors (Lipinski definition) is 1. The number of ether oxygens (including phenoxy) is 1. The monoisotopic (exact) mass is 416 g/mol. The zero-order valence-electron chi connectivity index (χ0n) is 15.7. The van der Waals surface area contributed by atoms with Gasteiger partial charge in [-0.05, 0) is 36.6 Å². The molecule has 28 heavy (non-hydrogen) atoms. The van der Waals surface area contributed by atoms with Gasteiger partial charge in [0, 0.05) is 36.0 Å². The highest BCUT2D eigenvalue weighted by molar-refractivity contribution is 7.22. The number of carbonyl (C=O) groups is 1. The molecular formula is C20H21ClN4O2S. The molecule has 3 aromatic rings. The van der Waals surface area contributed by atoms with Gasteiger partial charge in [0.2, 0.25) is 0 Å². The summed E-state index contributed by atoms with van der Waals surface area (Å²) in [5.74, 6) is 0.534. The van der Waals surface area contributed by atoms with Crippen LogP contribution in [0.5, 0.6) is 0 Å². The molecule has 1 saturated heterocycles. The van der Waals surface area contributed by atoms with Crippen molar-refractivity contribution >= 4 is 44.7 Å². The van der Waals surface area contributed by atoms with E-state index in [1.54, 1.807) is 25.4 Å². The van der Waals surface area contributed by atoms with Crippen LogP contribution in [0.15, 0.2) is 30.3 Å². The van der Waals surface area contributed by atoms with E-state index in [1.165, 1.54) is 4.90 Å². The number of benzene rings is 1. The summed E-state index contributed by atoms with van der Waals surface area (Å²) in [7, 11) is 3.43. The van der Waals surface area contributed by atoms with Gasteiger partial charge < -0.3 is 15.0 Å². The fraction of sp³-hybridized carbons (Fsp3) is 0.350. The number of carbonyl (C=O) groups excluding carboxylic acids is 1. The topological polar surface area (TPSA) is 67.4 Å². The largest absolute Gasteiger partial charge is 0.379 e. The van der Waals surface area contributed by atoms with Gasteiger partial charge in [-0.2, -0.15) is 0 Å². The summed E-state index contributed by atoms with van der Waals surface area (Å²) in [6.07, 6.45) is 2.04. The molecule has 146 valence electrons. The molecule has 3 heterocycles. The number of halogens is 1. The zero-order valence-corrected chi connectivity index (χ0v) is 17.3. The summed E-state index contributed by atoms with van der Waals surface area (Å²) in [5, 5.41) is 13.7. The second-order valence-corrected chi connectivity index (χ2v) is 8.50. The fourth-order valence-electron chi connectivity index (χ4n) is 3.20. The molecule has 6 nitrogen and oxygen atoms in total. The third-order valence-electron chi connectivity index (χ3n) is 4.69. The Morgan fingerprint density at radius 1 is 1.29 bits per heavy atom. The molecule has 0 radical (unpaired) electrons. The second-order valence-electron chi connectivity index (χ2n) is 7.02. The lowest BCUT2D eigenvalue weighted by molar-refractivity contribution is 0.0823. The summed E-state index contributed by atoms with van der Waals surface area (Å²) < 4.78 is 6.40. The first-order chi connectivity index (χ1) is 13.5. The minimum atomic E-state index is -0.158. The molecule has 8 heteroatoms. The number of aromatic nitrogens is 2. The lowest BCUT2D eigenvalue weighted by Gasteiger charge is -2.23. The van der Waals surface area contributed by atoms with Crippen molar-refractivity contribution < 1.29 is 9.53 Å². The van der Waals surface area contributed by atoms with Crippen molar-refractivity contribution in [3.8, 4) is 10.4 Å². The minimum Gasteiger partial charge on any atom is -0.379 e. The molecule has 0 bridgehead atoms. The van der Waals surface area contributed by atoms with Gasteiger partial charge in [0.15, 0.2) is 11.5 Å². The van der Waals surface area contributed by atoms with Crippen LogP contribution in [0.2, 0.25) is 5.02 Å². The van der Waals surface area contributed by atoms with Crippen LogP contribution >= 0.6 is 22.9 Å². The molecule has 0 aliphatic carbocycles. The molecule has 0 spiro atoms. The maximum absolute atomic E-state index is 12.6. The van der Waals surface area contributed by atoms with Crippen LogP contribution in [0.4, 0.5) is 5.82 Å². The Bertz CT molecular complexity index is 997. The van der Waals surface area contributed by atoms with Crippen molar-refractivity contribution in [1.82, 2.24) is 15.1 Å². The Kier molecular flexibility index (Phi) is 5.48. The van der Waals surface area contributed by atoms with Crippen LogP contribution in [0.25, 0.3) is 20.5 Å². The standard InChI is InChI=1S/C20H21ClN4O2S/c1-25(2)20(26)17-18-15(10-16(28-18)12-5-7-13(21)8-6-12)19(24-23-17)22-14-4-3-9-27-11-14/h5-8,10,14H,3-4,9,11H2,1-2H3,(H,22,24). The Labute approximate surface area is 172 Å². The lowest BCUT2D eigenvalue weighted by Crippen LogP contribution is -2.30. The van der Waals surface area contributed by atoms with E-state index in [0.717, 1.165) is 40.0 Å². The number of nitrogens with one attached hydrogen (secondary N) is 1. The lowest BCUT2D eigenvalue weighted by atomic mass is 10.1. The third-order valence-corrected chi connectivity index (χ3v) is 6.13. The van der Waals surface area contributed by atoms with Gasteiger partial charge in [0.05, 0.1) is 17.3 Å². The van der Waals surface area contributed by atoms with E-state index in [9.17, 15) is 4.79 Å². The van der Waals surface area contributed by atoms with Gasteiger partial charge in [-0.1, -0.05) is 23.7 Å². The van der Waals surface area contributed by atoms with Gasteiger partial charge in [-0.25, -0.2) is 0 Å².